The molecule has 0 radical (unpaired) electrons. The zero-order valence-corrected chi connectivity index (χ0v) is 10.2. The molecule has 0 fully saturated rings. The van der Waals surface area contributed by atoms with E-state index in [0.29, 0.717) is 5.56 Å². The van der Waals surface area contributed by atoms with Gasteiger partial charge in [0.2, 0.25) is 0 Å². The fourth-order valence-corrected chi connectivity index (χ4v) is 1.95. The number of hydrogen-bond donors (Lipinski definition) is 1. The molecule has 3 heteroatoms. The molecule has 2 aromatic rings. The maximum atomic E-state index is 13.2. The molecule has 1 atom stereocenters. The summed E-state index contributed by atoms with van der Waals surface area (Å²) in [4.78, 5) is 0. The first-order chi connectivity index (χ1) is 8.60. The molecule has 0 amide bonds. The van der Waals surface area contributed by atoms with Crippen LogP contribution in [-0.2, 0) is 6.42 Å². The van der Waals surface area contributed by atoms with Crippen molar-refractivity contribution in [3.05, 3.63) is 70.8 Å². The van der Waals surface area contributed by atoms with Crippen molar-refractivity contribution in [3.63, 3.8) is 0 Å². The maximum Gasteiger partial charge on any atom is 0.126 e. The summed E-state index contributed by atoms with van der Waals surface area (Å²) in [5, 5.41) is 0. The fraction of sp³-hybridized carbons (Fsp3) is 0.200. The van der Waals surface area contributed by atoms with Crippen molar-refractivity contribution in [1.82, 2.24) is 0 Å². The Hall–Kier alpha value is -1.74. The average molecular weight is 247 g/mol. The Kier molecular flexibility index (Phi) is 3.72. The molecular formula is C15H15F2N. The molecule has 2 aromatic carbocycles. The number of rotatable bonds is 3. The molecular weight excluding hydrogens is 232 g/mol. The first-order valence-corrected chi connectivity index (χ1v) is 5.90. The van der Waals surface area contributed by atoms with E-state index in [1.54, 1.807) is 0 Å². The van der Waals surface area contributed by atoms with Gasteiger partial charge in [-0.3, -0.25) is 0 Å². The molecule has 18 heavy (non-hydrogen) atoms. The second-order valence-corrected chi connectivity index (χ2v) is 4.28. The van der Waals surface area contributed by atoms with E-state index >= 15 is 0 Å². The van der Waals surface area contributed by atoms with Crippen LogP contribution < -0.4 is 5.73 Å². The molecule has 0 aromatic heterocycles. The van der Waals surface area contributed by atoms with Crippen LogP contribution in [0.2, 0.25) is 0 Å². The summed E-state index contributed by atoms with van der Waals surface area (Å²) >= 11 is 0. The van der Waals surface area contributed by atoms with Crippen LogP contribution in [0.3, 0.4) is 0 Å². The minimum atomic E-state index is -0.605. The van der Waals surface area contributed by atoms with Gasteiger partial charge in [0.05, 0.1) is 6.04 Å². The molecule has 0 heterocycles. The minimum absolute atomic E-state index is 0.445. The Labute approximate surface area is 105 Å². The van der Waals surface area contributed by atoms with Gasteiger partial charge in [0.15, 0.2) is 0 Å². The van der Waals surface area contributed by atoms with Crippen molar-refractivity contribution in [2.75, 3.05) is 0 Å². The van der Waals surface area contributed by atoms with Crippen LogP contribution in [0.25, 0.3) is 0 Å². The van der Waals surface area contributed by atoms with E-state index in [0.717, 1.165) is 23.6 Å². The topological polar surface area (TPSA) is 26.0 Å². The van der Waals surface area contributed by atoms with Crippen LogP contribution in [0.5, 0.6) is 0 Å². The monoisotopic (exact) mass is 247 g/mol. The van der Waals surface area contributed by atoms with Crippen molar-refractivity contribution < 1.29 is 8.78 Å². The van der Waals surface area contributed by atoms with Crippen LogP contribution in [0.4, 0.5) is 8.78 Å². The lowest BCUT2D eigenvalue weighted by Crippen LogP contribution is -2.12. The lowest BCUT2D eigenvalue weighted by molar-refractivity contribution is 0.577. The molecule has 0 spiro atoms. The van der Waals surface area contributed by atoms with Gasteiger partial charge in [-0.1, -0.05) is 31.2 Å². The van der Waals surface area contributed by atoms with Crippen LogP contribution in [-0.4, -0.2) is 0 Å². The second-order valence-electron chi connectivity index (χ2n) is 4.28. The lowest BCUT2D eigenvalue weighted by Gasteiger charge is -2.14. The summed E-state index contributed by atoms with van der Waals surface area (Å²) in [6.07, 6.45) is 0.901. The van der Waals surface area contributed by atoms with E-state index in [9.17, 15) is 8.78 Å². The third-order valence-electron chi connectivity index (χ3n) is 2.96. The standard InChI is InChI=1S/C15H15F2N/c1-2-10-4-3-5-11(6-10)15(18)12-7-13(16)9-14(17)8-12/h3-9,15H,2,18H2,1H3. The quantitative estimate of drug-likeness (QED) is 0.881. The number of nitrogens with two attached hydrogens (primary N) is 1. The SMILES string of the molecule is CCc1cccc(C(N)c2cc(F)cc(F)c2)c1. The van der Waals surface area contributed by atoms with E-state index in [1.165, 1.54) is 12.1 Å². The van der Waals surface area contributed by atoms with Crippen molar-refractivity contribution in [2.45, 2.75) is 19.4 Å². The highest BCUT2D eigenvalue weighted by Gasteiger charge is 2.11. The third-order valence-corrected chi connectivity index (χ3v) is 2.96. The zero-order valence-electron chi connectivity index (χ0n) is 10.2. The number of halogens is 2. The Bertz CT molecular complexity index is 532. The second kappa shape index (κ2) is 5.27. The Morgan fingerprint density at radius 2 is 1.67 bits per heavy atom. The van der Waals surface area contributed by atoms with E-state index in [4.69, 9.17) is 5.73 Å². The summed E-state index contributed by atoms with van der Waals surface area (Å²) < 4.78 is 26.3. The van der Waals surface area contributed by atoms with Crippen LogP contribution in [0, 0.1) is 11.6 Å². The molecule has 0 saturated heterocycles. The maximum absolute atomic E-state index is 13.2. The molecule has 2 rings (SSSR count). The highest BCUT2D eigenvalue weighted by Crippen LogP contribution is 2.22. The summed E-state index contributed by atoms with van der Waals surface area (Å²) in [5.41, 5.74) is 8.50. The highest BCUT2D eigenvalue weighted by molar-refractivity contribution is 5.34. The molecule has 2 N–H and O–H groups in total. The van der Waals surface area contributed by atoms with E-state index in [-0.39, 0.29) is 0 Å². The van der Waals surface area contributed by atoms with Crippen LogP contribution in [0.15, 0.2) is 42.5 Å². The van der Waals surface area contributed by atoms with Gasteiger partial charge in [-0.05, 0) is 35.2 Å². The molecule has 1 unspecified atom stereocenters. The van der Waals surface area contributed by atoms with Crippen molar-refractivity contribution in [3.8, 4) is 0 Å². The van der Waals surface area contributed by atoms with Crippen molar-refractivity contribution in [1.29, 1.82) is 0 Å². The molecule has 0 aliphatic carbocycles. The van der Waals surface area contributed by atoms with Crippen molar-refractivity contribution >= 4 is 0 Å². The summed E-state index contributed by atoms with van der Waals surface area (Å²) in [6.45, 7) is 2.05. The number of benzene rings is 2. The molecule has 94 valence electrons. The normalized spacial score (nSPS) is 12.4. The van der Waals surface area contributed by atoms with E-state index < -0.39 is 17.7 Å². The summed E-state index contributed by atoms with van der Waals surface area (Å²) in [7, 11) is 0. The van der Waals surface area contributed by atoms with Gasteiger partial charge in [-0.15, -0.1) is 0 Å². The lowest BCUT2D eigenvalue weighted by atomic mass is 9.97. The number of aryl methyl sites for hydroxylation is 1. The first-order valence-electron chi connectivity index (χ1n) is 5.90. The largest absolute Gasteiger partial charge is 0.320 e. The zero-order chi connectivity index (χ0) is 13.1. The summed E-state index contributed by atoms with van der Waals surface area (Å²) in [5.74, 6) is -1.21. The molecule has 0 saturated carbocycles. The molecule has 1 nitrogen and oxygen atoms in total. The third kappa shape index (κ3) is 2.74. The van der Waals surface area contributed by atoms with Crippen molar-refractivity contribution in [2.24, 2.45) is 5.73 Å². The van der Waals surface area contributed by atoms with Gasteiger partial charge in [-0.25, -0.2) is 8.78 Å². The molecule has 0 bridgehead atoms. The van der Waals surface area contributed by atoms with Crippen LogP contribution in [0.1, 0.15) is 29.7 Å². The van der Waals surface area contributed by atoms with Gasteiger partial charge in [0.25, 0.3) is 0 Å². The van der Waals surface area contributed by atoms with Gasteiger partial charge >= 0.3 is 0 Å². The van der Waals surface area contributed by atoms with Gasteiger partial charge in [0.1, 0.15) is 11.6 Å². The smallest absolute Gasteiger partial charge is 0.126 e. The highest BCUT2D eigenvalue weighted by atomic mass is 19.1. The summed E-state index contributed by atoms with van der Waals surface area (Å²) in [6, 6.07) is 10.6. The average Bonchev–Trinajstić information content (AvgIpc) is 2.37. The van der Waals surface area contributed by atoms with Gasteiger partial charge in [-0.2, -0.15) is 0 Å². The molecule has 0 aliphatic heterocycles. The minimum Gasteiger partial charge on any atom is -0.320 e. The van der Waals surface area contributed by atoms with Gasteiger partial charge < -0.3 is 5.73 Å². The van der Waals surface area contributed by atoms with Crippen LogP contribution >= 0.6 is 0 Å². The Balaban J connectivity index is 2.37. The van der Waals surface area contributed by atoms with Gasteiger partial charge in [0, 0.05) is 6.07 Å². The first kappa shape index (κ1) is 12.7. The molecule has 0 aliphatic rings. The number of hydrogen-bond acceptors (Lipinski definition) is 1. The Morgan fingerprint density at radius 3 is 2.28 bits per heavy atom. The van der Waals surface area contributed by atoms with E-state index in [2.05, 4.69) is 0 Å². The fourth-order valence-electron chi connectivity index (χ4n) is 1.95. The predicted octanol–water partition coefficient (Wildman–Crippen LogP) is 3.58. The predicted molar refractivity (Wildman–Crippen MR) is 68.2 cm³/mol. The van der Waals surface area contributed by atoms with E-state index in [1.807, 2.05) is 31.2 Å². The Morgan fingerprint density at radius 1 is 1.00 bits per heavy atom.